The Bertz CT molecular complexity index is 1680. The molecule has 5 rings (SSSR count). The second-order valence-electron chi connectivity index (χ2n) is 8.21. The van der Waals surface area contributed by atoms with Gasteiger partial charge < -0.3 is 9.72 Å². The lowest BCUT2D eigenvalue weighted by molar-refractivity contribution is 0.0734. The highest BCUT2D eigenvalue weighted by molar-refractivity contribution is 9.10. The van der Waals surface area contributed by atoms with Crippen LogP contribution in [-0.4, -0.2) is 23.1 Å². The number of fused-ring (bicyclic) bond motifs is 1. The van der Waals surface area contributed by atoms with Crippen molar-refractivity contribution in [2.75, 3.05) is 0 Å². The lowest BCUT2D eigenvalue weighted by Crippen LogP contribution is -2.19. The summed E-state index contributed by atoms with van der Waals surface area (Å²) in [5.41, 5.74) is 6.08. The molecule has 0 atom stereocenters. The Labute approximate surface area is 236 Å². The van der Waals surface area contributed by atoms with Crippen LogP contribution >= 0.6 is 39.1 Å². The molecule has 1 amide bonds. The summed E-state index contributed by atoms with van der Waals surface area (Å²) in [5.74, 6) is -0.717. The molecule has 0 saturated heterocycles. The molecule has 0 aliphatic heterocycles. The number of aromatic nitrogens is 1. The summed E-state index contributed by atoms with van der Waals surface area (Å²) in [7, 11) is 0. The van der Waals surface area contributed by atoms with Crippen molar-refractivity contribution < 1.29 is 14.3 Å². The number of H-pyrrole nitrogens is 1. The molecule has 1 aromatic heterocycles. The van der Waals surface area contributed by atoms with Crippen molar-refractivity contribution in [3.8, 4) is 16.9 Å². The number of hydrogen-bond acceptors (Lipinski definition) is 4. The van der Waals surface area contributed by atoms with Crippen LogP contribution in [0.1, 0.15) is 26.4 Å². The van der Waals surface area contributed by atoms with E-state index in [9.17, 15) is 9.59 Å². The molecule has 0 unspecified atom stereocenters. The number of ether oxygens (including phenoxy) is 1. The van der Waals surface area contributed by atoms with Crippen molar-refractivity contribution in [3.63, 3.8) is 0 Å². The normalized spacial score (nSPS) is 11.1. The van der Waals surface area contributed by atoms with E-state index in [1.165, 1.54) is 6.21 Å². The van der Waals surface area contributed by atoms with E-state index in [1.807, 2.05) is 42.5 Å². The van der Waals surface area contributed by atoms with Gasteiger partial charge in [0.15, 0.2) is 0 Å². The maximum absolute atomic E-state index is 13.2. The van der Waals surface area contributed by atoms with E-state index in [0.717, 1.165) is 26.5 Å². The summed E-state index contributed by atoms with van der Waals surface area (Å²) >= 11 is 15.6. The van der Waals surface area contributed by atoms with Gasteiger partial charge in [0, 0.05) is 36.5 Å². The average molecular weight is 607 g/mol. The Morgan fingerprint density at radius 3 is 2.39 bits per heavy atom. The molecule has 0 fully saturated rings. The first-order valence-corrected chi connectivity index (χ1v) is 12.9. The second-order valence-corrected chi connectivity index (χ2v) is 10.00. The van der Waals surface area contributed by atoms with Crippen LogP contribution in [-0.2, 0) is 0 Å². The minimum atomic E-state index is -0.549. The summed E-state index contributed by atoms with van der Waals surface area (Å²) in [6.07, 6.45) is 1.41. The number of aromatic amines is 1. The molecular formula is C29H18BrCl2N3O3. The fourth-order valence-corrected chi connectivity index (χ4v) is 4.59. The van der Waals surface area contributed by atoms with Crippen molar-refractivity contribution in [1.29, 1.82) is 0 Å². The van der Waals surface area contributed by atoms with E-state index in [1.54, 1.807) is 48.5 Å². The molecule has 2 N–H and O–H groups in total. The number of hydrogen-bond donors (Lipinski definition) is 2. The summed E-state index contributed by atoms with van der Waals surface area (Å²) in [6, 6.07) is 26.4. The summed E-state index contributed by atoms with van der Waals surface area (Å²) in [5, 5.41) is 6.03. The largest absolute Gasteiger partial charge is 0.422 e. The molecule has 4 aromatic carbocycles. The standard InChI is InChI=1S/C29H18BrCl2N3O3/c30-20-8-13-25(38-29(37)18-6-9-21(31)10-7-18)19(14-20)16-33-35-28(36)27-26(17-4-2-1-3-5-17)23-15-22(32)11-12-24(23)34-27/h1-16,34H,(H,35,36). The summed E-state index contributed by atoms with van der Waals surface area (Å²) in [6.45, 7) is 0. The van der Waals surface area contributed by atoms with Gasteiger partial charge in [0.1, 0.15) is 11.4 Å². The third-order valence-corrected chi connectivity index (χ3v) is 6.65. The van der Waals surface area contributed by atoms with Gasteiger partial charge >= 0.3 is 5.97 Å². The first kappa shape index (κ1) is 25.7. The number of amides is 1. The van der Waals surface area contributed by atoms with Crippen LogP contribution in [0.5, 0.6) is 5.75 Å². The van der Waals surface area contributed by atoms with Crippen molar-refractivity contribution in [2.45, 2.75) is 0 Å². The first-order valence-electron chi connectivity index (χ1n) is 11.4. The van der Waals surface area contributed by atoms with Crippen LogP contribution < -0.4 is 10.2 Å². The Balaban J connectivity index is 1.41. The first-order chi connectivity index (χ1) is 18.4. The molecule has 0 saturated carbocycles. The molecule has 0 aliphatic carbocycles. The van der Waals surface area contributed by atoms with E-state index in [2.05, 4.69) is 31.4 Å². The number of carbonyl (C=O) groups excluding carboxylic acids is 2. The van der Waals surface area contributed by atoms with E-state index >= 15 is 0 Å². The minimum Gasteiger partial charge on any atom is -0.422 e. The van der Waals surface area contributed by atoms with E-state index < -0.39 is 11.9 Å². The fraction of sp³-hybridized carbons (Fsp3) is 0. The Hall–Kier alpha value is -3.91. The third kappa shape index (κ3) is 5.65. The molecule has 1 heterocycles. The Morgan fingerprint density at radius 2 is 1.63 bits per heavy atom. The Morgan fingerprint density at radius 1 is 0.895 bits per heavy atom. The number of carbonyl (C=O) groups is 2. The van der Waals surface area contributed by atoms with Crippen LogP contribution in [0.15, 0.2) is 101 Å². The van der Waals surface area contributed by atoms with Crippen molar-refractivity contribution in [3.05, 3.63) is 122 Å². The third-order valence-electron chi connectivity index (χ3n) is 5.67. The zero-order valence-corrected chi connectivity index (χ0v) is 22.6. The smallest absolute Gasteiger partial charge is 0.343 e. The highest BCUT2D eigenvalue weighted by atomic mass is 79.9. The lowest BCUT2D eigenvalue weighted by atomic mass is 10.0. The lowest BCUT2D eigenvalue weighted by Gasteiger charge is -2.08. The van der Waals surface area contributed by atoms with Gasteiger partial charge in [0.25, 0.3) is 5.91 Å². The molecule has 0 radical (unpaired) electrons. The van der Waals surface area contributed by atoms with Crippen LogP contribution in [0, 0.1) is 0 Å². The average Bonchev–Trinajstić information content (AvgIpc) is 3.29. The number of nitrogens with zero attached hydrogens (tertiary/aromatic N) is 1. The molecular weight excluding hydrogens is 589 g/mol. The van der Waals surface area contributed by atoms with Crippen molar-refractivity contribution in [2.24, 2.45) is 5.10 Å². The highest BCUT2D eigenvalue weighted by Crippen LogP contribution is 2.34. The molecule has 6 nitrogen and oxygen atoms in total. The topological polar surface area (TPSA) is 83.5 Å². The van der Waals surface area contributed by atoms with E-state index in [0.29, 0.717) is 26.9 Å². The SMILES string of the molecule is O=C(Oc1ccc(Br)cc1C=NNC(=O)c1[nH]c2ccc(Cl)cc2c1-c1ccccc1)c1ccc(Cl)cc1. The van der Waals surface area contributed by atoms with Gasteiger partial charge in [-0.15, -0.1) is 0 Å². The highest BCUT2D eigenvalue weighted by Gasteiger charge is 2.19. The van der Waals surface area contributed by atoms with E-state index in [-0.39, 0.29) is 5.75 Å². The zero-order chi connectivity index (χ0) is 26.6. The Kier molecular flexibility index (Phi) is 7.60. The molecule has 188 valence electrons. The molecule has 0 bridgehead atoms. The molecule has 38 heavy (non-hydrogen) atoms. The predicted molar refractivity (Wildman–Crippen MR) is 154 cm³/mol. The number of nitrogens with one attached hydrogen (secondary N) is 2. The van der Waals surface area contributed by atoms with Crippen molar-refractivity contribution >= 4 is 68.1 Å². The summed E-state index contributed by atoms with van der Waals surface area (Å²) < 4.78 is 6.32. The van der Waals surface area contributed by atoms with Gasteiger partial charge in [-0.3, -0.25) is 4.79 Å². The number of hydrazone groups is 1. The maximum Gasteiger partial charge on any atom is 0.343 e. The quantitative estimate of drug-likeness (QED) is 0.0892. The van der Waals surface area contributed by atoms with Crippen LogP contribution in [0.4, 0.5) is 0 Å². The van der Waals surface area contributed by atoms with Gasteiger partial charge in [-0.1, -0.05) is 69.5 Å². The molecule has 9 heteroatoms. The molecule has 0 spiro atoms. The number of benzene rings is 4. The summed E-state index contributed by atoms with van der Waals surface area (Å²) in [4.78, 5) is 29.0. The van der Waals surface area contributed by atoms with Gasteiger partial charge in [-0.05, 0) is 66.2 Å². The van der Waals surface area contributed by atoms with Gasteiger partial charge in [-0.25, -0.2) is 10.2 Å². The number of halogens is 3. The van der Waals surface area contributed by atoms with Gasteiger partial charge in [0.05, 0.1) is 11.8 Å². The second kappa shape index (κ2) is 11.2. The minimum absolute atomic E-state index is 0.274. The van der Waals surface area contributed by atoms with Gasteiger partial charge in [-0.2, -0.15) is 5.10 Å². The molecule has 5 aromatic rings. The predicted octanol–water partition coefficient (Wildman–Crippen LogP) is 7.89. The maximum atomic E-state index is 13.2. The number of esters is 1. The van der Waals surface area contributed by atoms with Gasteiger partial charge in [0.2, 0.25) is 0 Å². The van der Waals surface area contributed by atoms with Crippen molar-refractivity contribution in [1.82, 2.24) is 10.4 Å². The zero-order valence-electron chi connectivity index (χ0n) is 19.5. The molecule has 0 aliphatic rings. The van der Waals surface area contributed by atoms with Crippen LogP contribution in [0.2, 0.25) is 10.0 Å². The number of rotatable bonds is 6. The fourth-order valence-electron chi connectivity index (χ4n) is 3.91. The monoisotopic (exact) mass is 605 g/mol. The van der Waals surface area contributed by atoms with Crippen LogP contribution in [0.25, 0.3) is 22.0 Å². The van der Waals surface area contributed by atoms with Crippen LogP contribution in [0.3, 0.4) is 0 Å². The van der Waals surface area contributed by atoms with E-state index in [4.69, 9.17) is 27.9 Å².